The Morgan fingerprint density at radius 2 is 1.96 bits per heavy atom. The van der Waals surface area contributed by atoms with Gasteiger partial charge in [-0.2, -0.15) is 5.10 Å². The van der Waals surface area contributed by atoms with Gasteiger partial charge in [-0.1, -0.05) is 0 Å². The Hall–Kier alpha value is -2.54. The molecule has 1 amide bonds. The molecule has 1 aliphatic rings. The molecule has 2 aromatic rings. The molecule has 1 saturated heterocycles. The Balaban J connectivity index is 1.68. The second kappa shape index (κ2) is 8.65. The third-order valence-corrected chi connectivity index (χ3v) is 5.25. The number of piperidine rings is 1. The van der Waals surface area contributed by atoms with Gasteiger partial charge in [-0.15, -0.1) is 0 Å². The third-order valence-electron chi connectivity index (χ3n) is 5.25. The third kappa shape index (κ3) is 4.65. The summed E-state index contributed by atoms with van der Waals surface area (Å²) < 4.78 is 13.4. The topological polar surface area (TPSA) is 68.6 Å². The van der Waals surface area contributed by atoms with E-state index in [1.165, 1.54) is 0 Å². The fraction of sp³-hybridized carbons (Fsp3) is 0.524. The molecule has 0 saturated carbocycles. The molecule has 28 heavy (non-hydrogen) atoms. The van der Waals surface area contributed by atoms with Gasteiger partial charge in [-0.05, 0) is 51.9 Å². The predicted molar refractivity (Wildman–Crippen MR) is 108 cm³/mol. The quantitative estimate of drug-likeness (QED) is 0.827. The van der Waals surface area contributed by atoms with Gasteiger partial charge in [0.25, 0.3) is 5.91 Å². The standard InChI is InChI=1S/C21H30N4O3/c1-14(18-13-25(4)23-15(18)2)22-21(26)16-6-7-19(20(12-16)27-5)28-17-8-10-24(3)11-9-17/h6-7,12-14,17H,8-11H2,1-5H3,(H,22,26)/t14-/m0/s1. The van der Waals surface area contributed by atoms with Crippen molar-refractivity contribution in [2.75, 3.05) is 27.2 Å². The van der Waals surface area contributed by atoms with Crippen LogP contribution in [0.2, 0.25) is 0 Å². The molecule has 152 valence electrons. The molecule has 3 rings (SSSR count). The molecule has 0 aliphatic carbocycles. The fourth-order valence-corrected chi connectivity index (χ4v) is 3.59. The molecule has 1 atom stereocenters. The molecule has 0 radical (unpaired) electrons. The SMILES string of the molecule is COc1cc(C(=O)N[C@@H](C)c2cn(C)nc2C)ccc1OC1CCN(C)CC1. The van der Waals surface area contributed by atoms with E-state index < -0.39 is 0 Å². The zero-order valence-electron chi connectivity index (χ0n) is 17.4. The van der Waals surface area contributed by atoms with Crippen LogP contribution >= 0.6 is 0 Å². The van der Waals surface area contributed by atoms with Crippen molar-refractivity contribution in [3.8, 4) is 11.5 Å². The lowest BCUT2D eigenvalue weighted by Crippen LogP contribution is -2.35. The first-order valence-electron chi connectivity index (χ1n) is 9.71. The average molecular weight is 386 g/mol. The minimum atomic E-state index is -0.153. The maximum Gasteiger partial charge on any atom is 0.251 e. The van der Waals surface area contributed by atoms with E-state index in [-0.39, 0.29) is 18.1 Å². The highest BCUT2D eigenvalue weighted by molar-refractivity contribution is 5.95. The summed E-state index contributed by atoms with van der Waals surface area (Å²) >= 11 is 0. The van der Waals surface area contributed by atoms with Gasteiger partial charge < -0.3 is 19.7 Å². The molecular weight excluding hydrogens is 356 g/mol. The van der Waals surface area contributed by atoms with Crippen LogP contribution in [-0.2, 0) is 7.05 Å². The number of amides is 1. The second-order valence-electron chi connectivity index (χ2n) is 7.52. The number of nitrogens with one attached hydrogen (secondary N) is 1. The summed E-state index contributed by atoms with van der Waals surface area (Å²) in [5, 5.41) is 7.37. The van der Waals surface area contributed by atoms with E-state index in [2.05, 4.69) is 22.4 Å². The number of hydrogen-bond donors (Lipinski definition) is 1. The van der Waals surface area contributed by atoms with Gasteiger partial charge in [0.2, 0.25) is 0 Å². The van der Waals surface area contributed by atoms with Crippen molar-refractivity contribution in [3.63, 3.8) is 0 Å². The number of nitrogens with zero attached hydrogens (tertiary/aromatic N) is 3. The number of carbonyl (C=O) groups excluding carboxylic acids is 1. The molecule has 0 bridgehead atoms. The van der Waals surface area contributed by atoms with E-state index in [1.54, 1.807) is 23.9 Å². The predicted octanol–water partition coefficient (Wildman–Crippen LogP) is 2.70. The molecule has 1 aliphatic heterocycles. The summed E-state index contributed by atoms with van der Waals surface area (Å²) in [6, 6.07) is 5.21. The highest BCUT2D eigenvalue weighted by atomic mass is 16.5. The fourth-order valence-electron chi connectivity index (χ4n) is 3.59. The summed E-state index contributed by atoms with van der Waals surface area (Å²) in [6.45, 7) is 5.95. The Bertz CT molecular complexity index is 825. The van der Waals surface area contributed by atoms with Gasteiger partial charge in [-0.3, -0.25) is 9.48 Å². The van der Waals surface area contributed by atoms with Gasteiger partial charge in [0.1, 0.15) is 6.10 Å². The molecule has 2 heterocycles. The Morgan fingerprint density at radius 1 is 1.25 bits per heavy atom. The molecule has 7 heteroatoms. The average Bonchev–Trinajstić information content (AvgIpc) is 3.02. The number of likely N-dealkylation sites (tertiary alicyclic amines) is 1. The van der Waals surface area contributed by atoms with Crippen LogP contribution in [0.1, 0.15) is 47.4 Å². The molecule has 7 nitrogen and oxygen atoms in total. The van der Waals surface area contributed by atoms with Crippen molar-refractivity contribution in [3.05, 3.63) is 41.2 Å². The van der Waals surface area contributed by atoms with Gasteiger partial charge in [-0.25, -0.2) is 0 Å². The number of ether oxygens (including phenoxy) is 2. The first kappa shape index (κ1) is 20.2. The largest absolute Gasteiger partial charge is 0.493 e. The normalized spacial score (nSPS) is 16.6. The minimum Gasteiger partial charge on any atom is -0.493 e. The van der Waals surface area contributed by atoms with Gasteiger partial charge >= 0.3 is 0 Å². The lowest BCUT2D eigenvalue weighted by molar-refractivity contribution is 0.0938. The summed E-state index contributed by atoms with van der Waals surface area (Å²) in [6.07, 6.45) is 4.09. The summed E-state index contributed by atoms with van der Waals surface area (Å²) in [5.41, 5.74) is 2.46. The van der Waals surface area contributed by atoms with E-state index in [0.717, 1.165) is 37.2 Å². The lowest BCUT2D eigenvalue weighted by atomic mass is 10.1. The van der Waals surface area contributed by atoms with Gasteiger partial charge in [0.15, 0.2) is 11.5 Å². The highest BCUT2D eigenvalue weighted by Crippen LogP contribution is 2.31. The summed E-state index contributed by atoms with van der Waals surface area (Å²) in [7, 11) is 5.59. The van der Waals surface area contributed by atoms with E-state index in [4.69, 9.17) is 9.47 Å². The zero-order valence-corrected chi connectivity index (χ0v) is 17.4. The van der Waals surface area contributed by atoms with Crippen molar-refractivity contribution in [1.29, 1.82) is 0 Å². The first-order chi connectivity index (χ1) is 13.4. The minimum absolute atomic E-state index is 0.137. The highest BCUT2D eigenvalue weighted by Gasteiger charge is 2.21. The number of benzene rings is 1. The lowest BCUT2D eigenvalue weighted by Gasteiger charge is -2.29. The molecule has 0 unspecified atom stereocenters. The summed E-state index contributed by atoms with van der Waals surface area (Å²) in [4.78, 5) is 15.0. The van der Waals surface area contributed by atoms with E-state index in [1.807, 2.05) is 33.2 Å². The monoisotopic (exact) mass is 386 g/mol. The van der Waals surface area contributed by atoms with E-state index in [9.17, 15) is 4.79 Å². The van der Waals surface area contributed by atoms with Crippen LogP contribution in [-0.4, -0.2) is 53.9 Å². The van der Waals surface area contributed by atoms with Crippen LogP contribution < -0.4 is 14.8 Å². The second-order valence-corrected chi connectivity index (χ2v) is 7.52. The Labute approximate surface area is 166 Å². The van der Waals surface area contributed by atoms with Crippen LogP contribution in [0.25, 0.3) is 0 Å². The van der Waals surface area contributed by atoms with E-state index in [0.29, 0.717) is 17.1 Å². The number of rotatable bonds is 6. The smallest absolute Gasteiger partial charge is 0.251 e. The molecule has 0 spiro atoms. The molecule has 1 aromatic carbocycles. The van der Waals surface area contributed by atoms with Crippen LogP contribution in [0.3, 0.4) is 0 Å². The molecule has 1 fully saturated rings. The number of aromatic nitrogens is 2. The number of hydrogen-bond acceptors (Lipinski definition) is 5. The maximum absolute atomic E-state index is 12.7. The van der Waals surface area contributed by atoms with Crippen LogP contribution in [0.5, 0.6) is 11.5 Å². The first-order valence-corrected chi connectivity index (χ1v) is 9.71. The molecule has 1 N–H and O–H groups in total. The van der Waals surface area contributed by atoms with Crippen molar-refractivity contribution in [2.45, 2.75) is 38.8 Å². The zero-order chi connectivity index (χ0) is 20.3. The van der Waals surface area contributed by atoms with Crippen molar-refractivity contribution >= 4 is 5.91 Å². The molecule has 1 aromatic heterocycles. The number of methoxy groups -OCH3 is 1. The van der Waals surface area contributed by atoms with Gasteiger partial charge in [0, 0.05) is 37.5 Å². The number of carbonyl (C=O) groups is 1. The van der Waals surface area contributed by atoms with Crippen molar-refractivity contribution in [1.82, 2.24) is 20.0 Å². The summed E-state index contributed by atoms with van der Waals surface area (Å²) in [5.74, 6) is 1.11. The maximum atomic E-state index is 12.7. The Morgan fingerprint density at radius 3 is 2.57 bits per heavy atom. The van der Waals surface area contributed by atoms with Crippen LogP contribution in [0, 0.1) is 6.92 Å². The molecular formula is C21H30N4O3. The van der Waals surface area contributed by atoms with Crippen molar-refractivity contribution in [2.24, 2.45) is 7.05 Å². The van der Waals surface area contributed by atoms with Crippen LogP contribution in [0.4, 0.5) is 0 Å². The van der Waals surface area contributed by atoms with Crippen molar-refractivity contribution < 1.29 is 14.3 Å². The number of aryl methyl sites for hydroxylation is 2. The van der Waals surface area contributed by atoms with E-state index >= 15 is 0 Å². The van der Waals surface area contributed by atoms with Gasteiger partial charge in [0.05, 0.1) is 18.8 Å². The Kier molecular flexibility index (Phi) is 6.24. The van der Waals surface area contributed by atoms with Crippen LogP contribution in [0.15, 0.2) is 24.4 Å².